The summed E-state index contributed by atoms with van der Waals surface area (Å²) < 4.78 is 208. The van der Waals surface area contributed by atoms with E-state index in [1.165, 1.54) is 55.3 Å². The normalized spacial score (nSPS) is 12.0. The maximum atomic E-state index is 14.3. The summed E-state index contributed by atoms with van der Waals surface area (Å²) >= 11 is 0. The Labute approximate surface area is 830 Å². The van der Waals surface area contributed by atoms with Crippen LogP contribution in [0.1, 0.15) is 123 Å². The van der Waals surface area contributed by atoms with E-state index in [4.69, 9.17) is 78.2 Å². The number of carbonyl (C=O) groups is 3. The van der Waals surface area contributed by atoms with Crippen LogP contribution in [0.5, 0.6) is 40.2 Å². The number of nitrogens with zero attached hydrogens (tertiary/aromatic N) is 1. The number of phenols is 1. The van der Waals surface area contributed by atoms with E-state index in [0.29, 0.717) is 57.7 Å². The number of aliphatic hydroxyl groups excluding tert-OH is 3. The second-order valence-corrected chi connectivity index (χ2v) is 31.0. The van der Waals surface area contributed by atoms with Gasteiger partial charge in [-0.2, -0.15) is 14.0 Å². The molecule has 5 unspecified atom stereocenters. The maximum Gasteiger partial charge on any atom is 1.00 e. The van der Waals surface area contributed by atoms with Gasteiger partial charge in [-0.1, -0.05) is 203 Å². The van der Waals surface area contributed by atoms with Crippen LogP contribution in [0.3, 0.4) is 0 Å². The molecule has 9 N–H and O–H groups in total. The molecular weight excluding hydrogens is 1830 g/mol. The Hall–Kier alpha value is -12.7. The Balaban J connectivity index is 0.000000566. The number of carbonyl (C=O) groups excluding carboxylic acids is 2. The summed E-state index contributed by atoms with van der Waals surface area (Å²) in [5.74, 6) is -18.3. The molecule has 0 spiro atoms. The van der Waals surface area contributed by atoms with Crippen molar-refractivity contribution in [2.24, 2.45) is 29.2 Å². The van der Waals surface area contributed by atoms with E-state index in [9.17, 15) is 67.1 Å². The van der Waals surface area contributed by atoms with Crippen LogP contribution in [0.25, 0.3) is 0 Å². The summed E-state index contributed by atoms with van der Waals surface area (Å²) in [6, 6.07) is 75.5. The zero-order valence-electron chi connectivity index (χ0n) is 80.7. The Kier molecular flexibility index (Phi) is 56.1. The minimum absolute atomic E-state index is 0. The number of nitrogens with two attached hydrogens (primary N) is 2. The number of hydrogen-bond donors (Lipinski definition) is 7. The number of benzene rings is 12. The van der Waals surface area contributed by atoms with Crippen molar-refractivity contribution in [1.82, 2.24) is 0 Å². The van der Waals surface area contributed by atoms with Crippen molar-refractivity contribution in [3.8, 4) is 46.3 Å². The van der Waals surface area contributed by atoms with Crippen LogP contribution < -0.4 is 69.4 Å². The predicted molar refractivity (Wildman–Crippen MR) is 503 cm³/mol. The van der Waals surface area contributed by atoms with Crippen LogP contribution in [0.2, 0.25) is 0 Å². The van der Waals surface area contributed by atoms with Crippen LogP contribution in [-0.2, 0) is 84.2 Å². The largest absolute Gasteiger partial charge is 1.00 e. The van der Waals surface area contributed by atoms with E-state index in [2.05, 4.69) is 4.74 Å². The van der Waals surface area contributed by atoms with Crippen molar-refractivity contribution >= 4 is 26.3 Å². The average Bonchev–Trinajstić information content (AvgIpc) is 1.16. The SMILES string of the molecule is C1CCOC1.CC(C)Oc1ccc(C(=O)Oc2c(F)c(F)c(F)c(F)c2F)cc1C#N.CC(CO)Cc1ccc(OCc2ccccc2)c(F)c1.CC(Cc1ccc(O)c(F)c1)C(=O)O.CC(Cc1ccc(OCc2ccccc2)c(F)c1)C(=O)OCc1ccccc1.NC(CO)Cc1ccc(OCc2ccccc2)c(F)c1.NC(CO)Cc1ccc(OCc2ccccc2)c(F)c1.[2H]CF.[2H]CF.[B].[H-].[Na+]. The molecule has 0 bridgehead atoms. The first-order chi connectivity index (χ1) is 66.7. The van der Waals surface area contributed by atoms with E-state index in [1.54, 1.807) is 76.2 Å². The average molecular weight is 1950 g/mol. The third kappa shape index (κ3) is 44.3. The molecule has 12 aromatic carbocycles. The number of hydrogen-bond acceptors (Lipinski definition) is 18. The van der Waals surface area contributed by atoms with Crippen LogP contribution in [0.4, 0.5) is 52.7 Å². The van der Waals surface area contributed by atoms with Gasteiger partial charge in [-0.05, 0) is 199 Å². The van der Waals surface area contributed by atoms with Crippen molar-refractivity contribution < 1.29 is 164 Å². The number of carboxylic acids is 1. The molecule has 1 aliphatic heterocycles. The van der Waals surface area contributed by atoms with Gasteiger partial charge in [0.1, 0.15) is 44.9 Å². The maximum absolute atomic E-state index is 14.3. The molecule has 3 radical (unpaired) electrons. The number of esters is 2. The first-order valence-electron chi connectivity index (χ1n) is 44.4. The zero-order chi connectivity index (χ0) is 102. The van der Waals surface area contributed by atoms with Crippen LogP contribution in [0, 0.1) is 87.3 Å². The minimum Gasteiger partial charge on any atom is -1.00 e. The number of halogens is 12. The molecule has 0 aliphatic carbocycles. The number of aromatic hydroxyl groups is 1. The Morgan fingerprint density at radius 2 is 0.741 bits per heavy atom. The van der Waals surface area contributed by atoms with Crippen molar-refractivity contribution in [3.05, 3.63) is 386 Å². The summed E-state index contributed by atoms with van der Waals surface area (Å²) in [5.41, 5.74) is 19.4. The molecule has 139 heavy (non-hydrogen) atoms. The van der Waals surface area contributed by atoms with Gasteiger partial charge >= 0.3 is 47.5 Å². The van der Waals surface area contributed by atoms with Crippen LogP contribution >= 0.6 is 0 Å². The summed E-state index contributed by atoms with van der Waals surface area (Å²) in [6.45, 7) is 12.1. The number of rotatable bonds is 33. The van der Waals surface area contributed by atoms with Crippen molar-refractivity contribution in [1.29, 1.82) is 5.26 Å². The second-order valence-electron chi connectivity index (χ2n) is 31.0. The van der Waals surface area contributed by atoms with Gasteiger partial charge in [0.05, 0.1) is 59.3 Å². The summed E-state index contributed by atoms with van der Waals surface area (Å²) in [6.07, 6.45) is 4.48. The van der Waals surface area contributed by atoms with Crippen LogP contribution in [-0.4, -0.2) is 117 Å². The number of phenolic OH excluding ortho intramolecular Hbond substituents is 1. The monoisotopic (exact) mass is 1950 g/mol. The molecule has 737 valence electrons. The first-order valence-corrected chi connectivity index (χ1v) is 43.0. The number of ether oxygens (including phenoxy) is 8. The molecule has 1 fully saturated rings. The molecule has 0 amide bonds. The molecule has 0 saturated carbocycles. The molecule has 1 saturated heterocycles. The first kappa shape index (κ1) is 117. The van der Waals surface area contributed by atoms with Crippen molar-refractivity contribution in [3.63, 3.8) is 0 Å². The molecule has 19 nitrogen and oxygen atoms in total. The molecule has 12 aromatic rings. The Bertz CT molecular complexity index is 5420. The van der Waals surface area contributed by atoms with Gasteiger partial charge in [-0.15, -0.1) is 0 Å². The van der Waals surface area contributed by atoms with Gasteiger partial charge in [0.25, 0.3) is 0 Å². The van der Waals surface area contributed by atoms with Gasteiger partial charge in [0, 0.05) is 40.3 Å². The smallest absolute Gasteiger partial charge is 1.00 e. The quantitative estimate of drug-likeness (QED) is 0.00502. The molecule has 13 rings (SSSR count). The fraction of sp³-hybridized carbons (Fsp3) is 0.283. The van der Waals surface area contributed by atoms with Crippen molar-refractivity contribution in [2.45, 2.75) is 131 Å². The van der Waals surface area contributed by atoms with Gasteiger partial charge in [0.2, 0.25) is 34.8 Å². The molecule has 1 aliphatic rings. The van der Waals surface area contributed by atoms with E-state index in [-0.39, 0.29) is 154 Å². The number of nitriles is 1. The Morgan fingerprint density at radius 1 is 0.424 bits per heavy atom. The number of aliphatic carboxylic acids is 1. The molecule has 5 atom stereocenters. The number of carboxylic acid groups (broad SMARTS) is 1. The van der Waals surface area contributed by atoms with E-state index in [0.717, 1.165) is 81.5 Å². The molecular formula is C106H114BF12N3NaO16. The number of aliphatic hydroxyl groups is 3. The van der Waals surface area contributed by atoms with Gasteiger partial charge in [-0.3, -0.25) is 18.4 Å². The van der Waals surface area contributed by atoms with Crippen LogP contribution in [0.15, 0.2) is 261 Å². The Morgan fingerprint density at radius 3 is 1.05 bits per heavy atom. The predicted octanol–water partition coefficient (Wildman–Crippen LogP) is 18.2. The standard InChI is InChI=1S/C24H23FO3.C17H10F5NO3.C17H19FO2.2C16H18FNO2.C10H11FO3.C4H8O.2CH3F.B.Na.H/c1-18(24(26)28-17-20-10-6-3-7-11-20)14-21-12-13-23(22(25)15-21)27-16-19-8-4-2-5-9-19;1-7(2)25-10-4-3-8(5-9(10)6-23)17(24)26-16-14(21)12(19)11(18)13(20)15(16)22;1-13(11-19)9-15-7-8-17(16(18)10-15)20-12-14-5-3-2-4-6-14;2*17-15-9-13(8-14(18)10-19)6-7-16(15)20-11-12-4-2-1-3-5-12;1-6(10(13)14)4-7-2-3-9(12)8(11)5-7;1-2-4-5-3-1;2*1-2;;;/h2-13,15,18H,14,16-17H2,1H3;3-5,7H,1-2H3;2-8,10,13,19H,9,11-12H2,1H3;2*1-7,9,14,19H,8,10-11,18H2;2-3,5-6,12H,4H2,1H3,(H,13,14);1-4H2;2*1H3;;;/q;;;;;;;;;;+1;-1/i;;;;;;;2*1D;;;. The van der Waals surface area contributed by atoms with E-state index < -0.39 is 96.0 Å². The van der Waals surface area contributed by atoms with Gasteiger partial charge < -0.3 is 76.3 Å². The number of alkyl halides is 2. The third-order valence-corrected chi connectivity index (χ3v) is 19.3. The van der Waals surface area contributed by atoms with E-state index >= 15 is 0 Å². The summed E-state index contributed by atoms with van der Waals surface area (Å²) in [7, 11) is -2.00. The topological polar surface area (TPSA) is 302 Å². The molecule has 1 heterocycles. The third-order valence-electron chi connectivity index (χ3n) is 19.3. The van der Waals surface area contributed by atoms with Crippen molar-refractivity contribution in [2.75, 3.05) is 47.3 Å². The molecule has 33 heteroatoms. The molecule has 0 aromatic heterocycles. The van der Waals surface area contributed by atoms with Gasteiger partial charge in [0.15, 0.2) is 57.8 Å². The minimum atomic E-state index is -2.37. The zero-order valence-corrected chi connectivity index (χ0v) is 79.7. The van der Waals surface area contributed by atoms with Gasteiger partial charge in [-0.25, -0.2) is 39.9 Å². The summed E-state index contributed by atoms with van der Waals surface area (Å²) in [4.78, 5) is 34.7. The van der Waals surface area contributed by atoms with E-state index in [1.807, 2.05) is 165 Å². The second kappa shape index (κ2) is 66.8. The fourth-order valence-electron chi connectivity index (χ4n) is 12.2. The summed E-state index contributed by atoms with van der Waals surface area (Å²) in [5, 5.41) is 53.4. The fourth-order valence-corrected chi connectivity index (χ4v) is 12.2.